The Balaban J connectivity index is 3.27. The highest BCUT2D eigenvalue weighted by molar-refractivity contribution is 7.89. The summed E-state index contributed by atoms with van der Waals surface area (Å²) >= 11 is 0. The SMILES string of the molecule is CC(N(C)c1cc(S(N)(=O)=O)ccc1N)C(C)(C)C. The van der Waals surface area contributed by atoms with Crippen molar-refractivity contribution in [1.82, 2.24) is 0 Å². The van der Waals surface area contributed by atoms with E-state index < -0.39 is 10.0 Å². The van der Waals surface area contributed by atoms with Crippen molar-refractivity contribution in [3.05, 3.63) is 18.2 Å². The molecule has 6 heteroatoms. The molecule has 1 aromatic rings. The van der Waals surface area contributed by atoms with E-state index >= 15 is 0 Å². The van der Waals surface area contributed by atoms with Crippen molar-refractivity contribution in [2.24, 2.45) is 10.6 Å². The van der Waals surface area contributed by atoms with Gasteiger partial charge in [0.1, 0.15) is 0 Å². The quantitative estimate of drug-likeness (QED) is 0.828. The monoisotopic (exact) mass is 285 g/mol. The molecular formula is C13H23N3O2S. The average Bonchev–Trinajstić information content (AvgIpc) is 2.25. The van der Waals surface area contributed by atoms with Gasteiger partial charge < -0.3 is 10.6 Å². The zero-order chi connectivity index (χ0) is 15.0. The Morgan fingerprint density at radius 1 is 1.26 bits per heavy atom. The van der Waals surface area contributed by atoms with Crippen LogP contribution in [0.2, 0.25) is 0 Å². The Kier molecular flexibility index (Phi) is 4.17. The molecule has 0 aliphatic carbocycles. The lowest BCUT2D eigenvalue weighted by Gasteiger charge is -2.37. The maximum Gasteiger partial charge on any atom is 0.238 e. The molecule has 0 aliphatic heterocycles. The third kappa shape index (κ3) is 3.61. The summed E-state index contributed by atoms with van der Waals surface area (Å²) in [7, 11) is -1.82. The second kappa shape index (κ2) is 5.02. The summed E-state index contributed by atoms with van der Waals surface area (Å²) in [6.07, 6.45) is 0. The third-order valence-electron chi connectivity index (χ3n) is 3.54. The molecule has 0 heterocycles. The van der Waals surface area contributed by atoms with E-state index in [1.54, 1.807) is 6.07 Å². The Hall–Kier alpha value is -1.27. The van der Waals surface area contributed by atoms with Gasteiger partial charge in [0.25, 0.3) is 0 Å². The number of benzene rings is 1. The van der Waals surface area contributed by atoms with Gasteiger partial charge in [0.15, 0.2) is 0 Å². The maximum absolute atomic E-state index is 11.4. The molecule has 0 saturated heterocycles. The minimum Gasteiger partial charge on any atom is -0.397 e. The van der Waals surface area contributed by atoms with Gasteiger partial charge in [-0.15, -0.1) is 0 Å². The molecule has 108 valence electrons. The van der Waals surface area contributed by atoms with Gasteiger partial charge in [-0.2, -0.15) is 0 Å². The lowest BCUT2D eigenvalue weighted by atomic mass is 9.87. The number of sulfonamides is 1. The van der Waals surface area contributed by atoms with Crippen molar-refractivity contribution in [3.63, 3.8) is 0 Å². The third-order valence-corrected chi connectivity index (χ3v) is 4.46. The van der Waals surface area contributed by atoms with Crippen molar-refractivity contribution in [1.29, 1.82) is 0 Å². The number of primary sulfonamides is 1. The normalized spacial score (nSPS) is 14.2. The number of rotatable bonds is 3. The molecule has 0 amide bonds. The molecule has 0 fully saturated rings. The first kappa shape index (κ1) is 15.8. The summed E-state index contributed by atoms with van der Waals surface area (Å²) in [6, 6.07) is 4.70. The van der Waals surface area contributed by atoms with Crippen molar-refractivity contribution in [2.45, 2.75) is 38.6 Å². The van der Waals surface area contributed by atoms with Crippen LogP contribution in [0.3, 0.4) is 0 Å². The number of nitrogens with zero attached hydrogens (tertiary/aromatic N) is 1. The zero-order valence-corrected chi connectivity index (χ0v) is 13.0. The minimum absolute atomic E-state index is 0.0405. The smallest absolute Gasteiger partial charge is 0.238 e. The van der Waals surface area contributed by atoms with Gasteiger partial charge in [-0.3, -0.25) is 0 Å². The van der Waals surface area contributed by atoms with Gasteiger partial charge in [-0.05, 0) is 30.5 Å². The van der Waals surface area contributed by atoms with Crippen molar-refractivity contribution < 1.29 is 8.42 Å². The molecule has 0 radical (unpaired) electrons. The van der Waals surface area contributed by atoms with Crippen LogP contribution >= 0.6 is 0 Å². The fourth-order valence-corrected chi connectivity index (χ4v) is 2.33. The molecule has 0 bridgehead atoms. The predicted molar refractivity (Wildman–Crippen MR) is 79.5 cm³/mol. The second-order valence-electron chi connectivity index (χ2n) is 5.92. The topological polar surface area (TPSA) is 89.4 Å². The molecule has 0 spiro atoms. The summed E-state index contributed by atoms with van der Waals surface area (Å²) in [4.78, 5) is 2.05. The standard InChI is InChI=1S/C13H23N3O2S/c1-9(13(2,3)4)16(5)12-8-10(19(15,17)18)6-7-11(12)14/h6-9H,14H2,1-5H3,(H2,15,17,18). The van der Waals surface area contributed by atoms with Gasteiger partial charge >= 0.3 is 0 Å². The summed E-state index contributed by atoms with van der Waals surface area (Å²) < 4.78 is 22.8. The van der Waals surface area contributed by atoms with Gasteiger partial charge in [-0.1, -0.05) is 20.8 Å². The first-order valence-electron chi connectivity index (χ1n) is 6.09. The molecule has 0 aromatic heterocycles. The Morgan fingerprint density at radius 3 is 2.21 bits per heavy atom. The van der Waals surface area contributed by atoms with E-state index in [0.717, 1.165) is 0 Å². The van der Waals surface area contributed by atoms with Gasteiger partial charge in [0.2, 0.25) is 10.0 Å². The van der Waals surface area contributed by atoms with Gasteiger partial charge in [0.05, 0.1) is 16.3 Å². The molecule has 1 aromatic carbocycles. The lowest BCUT2D eigenvalue weighted by molar-refractivity contribution is 0.330. The number of hydrogen-bond acceptors (Lipinski definition) is 4. The van der Waals surface area contributed by atoms with E-state index in [4.69, 9.17) is 10.9 Å². The van der Waals surface area contributed by atoms with E-state index in [0.29, 0.717) is 11.4 Å². The summed E-state index contributed by atoms with van der Waals surface area (Å²) in [6.45, 7) is 8.43. The minimum atomic E-state index is -3.72. The first-order valence-corrected chi connectivity index (χ1v) is 7.64. The summed E-state index contributed by atoms with van der Waals surface area (Å²) in [5, 5.41) is 5.15. The molecule has 5 nitrogen and oxygen atoms in total. The Bertz CT molecular complexity index is 562. The van der Waals surface area contributed by atoms with E-state index in [1.165, 1.54) is 12.1 Å². The molecule has 4 N–H and O–H groups in total. The zero-order valence-electron chi connectivity index (χ0n) is 12.1. The van der Waals surface area contributed by atoms with E-state index in [2.05, 4.69) is 27.7 Å². The molecule has 0 saturated carbocycles. The van der Waals surface area contributed by atoms with Crippen LogP contribution in [0.25, 0.3) is 0 Å². The Morgan fingerprint density at radius 2 is 1.79 bits per heavy atom. The molecule has 1 unspecified atom stereocenters. The predicted octanol–water partition coefficient (Wildman–Crippen LogP) is 1.79. The van der Waals surface area contributed by atoms with Crippen LogP contribution in [0.1, 0.15) is 27.7 Å². The number of anilines is 2. The second-order valence-corrected chi connectivity index (χ2v) is 7.48. The van der Waals surface area contributed by atoms with Crippen LogP contribution in [0.4, 0.5) is 11.4 Å². The van der Waals surface area contributed by atoms with Crippen molar-refractivity contribution >= 4 is 21.4 Å². The lowest BCUT2D eigenvalue weighted by Crippen LogP contribution is -2.39. The Labute approximate surface area is 115 Å². The van der Waals surface area contributed by atoms with E-state index in [1.807, 2.05) is 11.9 Å². The summed E-state index contributed by atoms with van der Waals surface area (Å²) in [5.41, 5.74) is 7.19. The van der Waals surface area contributed by atoms with Gasteiger partial charge in [0, 0.05) is 13.1 Å². The number of nitrogen functional groups attached to an aromatic ring is 1. The highest BCUT2D eigenvalue weighted by Crippen LogP contribution is 2.32. The molecule has 1 atom stereocenters. The number of nitrogens with two attached hydrogens (primary N) is 2. The molecule has 19 heavy (non-hydrogen) atoms. The first-order chi connectivity index (χ1) is 8.44. The number of hydrogen-bond donors (Lipinski definition) is 2. The highest BCUT2D eigenvalue weighted by Gasteiger charge is 2.25. The summed E-state index contributed by atoms with van der Waals surface area (Å²) in [5.74, 6) is 0. The molecular weight excluding hydrogens is 262 g/mol. The van der Waals surface area contributed by atoms with Crippen LogP contribution in [0.5, 0.6) is 0 Å². The largest absolute Gasteiger partial charge is 0.397 e. The fraction of sp³-hybridized carbons (Fsp3) is 0.538. The van der Waals surface area contributed by atoms with Crippen LogP contribution in [0, 0.1) is 5.41 Å². The van der Waals surface area contributed by atoms with Crippen molar-refractivity contribution in [3.8, 4) is 0 Å². The van der Waals surface area contributed by atoms with Crippen LogP contribution in [0.15, 0.2) is 23.1 Å². The molecule has 1 rings (SSSR count). The maximum atomic E-state index is 11.4. The van der Waals surface area contributed by atoms with Crippen LogP contribution in [-0.2, 0) is 10.0 Å². The van der Waals surface area contributed by atoms with Crippen molar-refractivity contribution in [2.75, 3.05) is 17.7 Å². The van der Waals surface area contributed by atoms with E-state index in [9.17, 15) is 8.42 Å². The average molecular weight is 285 g/mol. The fourth-order valence-electron chi connectivity index (χ4n) is 1.80. The van der Waals surface area contributed by atoms with E-state index in [-0.39, 0.29) is 16.4 Å². The molecule has 0 aliphatic rings. The van der Waals surface area contributed by atoms with Gasteiger partial charge in [-0.25, -0.2) is 13.6 Å². The van der Waals surface area contributed by atoms with Crippen LogP contribution in [-0.4, -0.2) is 21.5 Å². The van der Waals surface area contributed by atoms with Crippen LogP contribution < -0.4 is 15.8 Å². The highest BCUT2D eigenvalue weighted by atomic mass is 32.2.